The monoisotopic (exact) mass is 749 g/mol. The molecular formula is C45H82NO7+. The molecule has 0 saturated carbocycles. The number of allylic oxidation sites excluding steroid dienone is 6. The van der Waals surface area contributed by atoms with E-state index in [0.717, 1.165) is 57.8 Å². The van der Waals surface area contributed by atoms with Gasteiger partial charge in [-0.2, -0.15) is 0 Å². The van der Waals surface area contributed by atoms with Crippen molar-refractivity contribution in [1.29, 1.82) is 0 Å². The van der Waals surface area contributed by atoms with Crippen molar-refractivity contribution in [2.24, 2.45) is 0 Å². The quantitative estimate of drug-likeness (QED) is 0.0290. The normalized spacial score (nSPS) is 13.3. The van der Waals surface area contributed by atoms with Gasteiger partial charge in [-0.3, -0.25) is 9.59 Å². The first-order chi connectivity index (χ1) is 25.6. The SMILES string of the molecule is CCCCC/C=C/C/C=C/C/C=C/CCCCCCCCCCCC(=O)OC(COCCC(C(=O)O)[N+](C)(C)C)COC(=O)CCCCCCCCC. The van der Waals surface area contributed by atoms with E-state index in [9.17, 15) is 19.5 Å². The van der Waals surface area contributed by atoms with Gasteiger partial charge >= 0.3 is 17.9 Å². The van der Waals surface area contributed by atoms with Crippen LogP contribution in [0.3, 0.4) is 0 Å². The van der Waals surface area contributed by atoms with Crippen molar-refractivity contribution in [3.63, 3.8) is 0 Å². The molecule has 0 spiro atoms. The Hall–Kier alpha value is -2.45. The third-order valence-electron chi connectivity index (χ3n) is 9.54. The lowest BCUT2D eigenvalue weighted by Crippen LogP contribution is -2.50. The molecule has 8 nitrogen and oxygen atoms in total. The van der Waals surface area contributed by atoms with Crippen LogP contribution in [0, 0.1) is 0 Å². The zero-order valence-corrected chi connectivity index (χ0v) is 35.0. The summed E-state index contributed by atoms with van der Waals surface area (Å²) in [5, 5.41) is 9.59. The van der Waals surface area contributed by atoms with E-state index in [4.69, 9.17) is 14.2 Å². The van der Waals surface area contributed by atoms with Crippen LogP contribution in [0.2, 0.25) is 0 Å². The van der Waals surface area contributed by atoms with Gasteiger partial charge in [-0.15, -0.1) is 0 Å². The zero-order chi connectivity index (χ0) is 39.3. The molecule has 0 aromatic rings. The van der Waals surface area contributed by atoms with Crippen LogP contribution < -0.4 is 0 Å². The second-order valence-corrected chi connectivity index (χ2v) is 15.6. The number of aliphatic carboxylic acids is 1. The first-order valence-corrected chi connectivity index (χ1v) is 21.5. The van der Waals surface area contributed by atoms with Crippen molar-refractivity contribution in [1.82, 2.24) is 0 Å². The number of ether oxygens (including phenoxy) is 3. The van der Waals surface area contributed by atoms with Gasteiger partial charge in [0.15, 0.2) is 12.1 Å². The molecule has 2 atom stereocenters. The molecule has 53 heavy (non-hydrogen) atoms. The molecule has 0 aliphatic rings. The Bertz CT molecular complexity index is 968. The molecule has 1 N–H and O–H groups in total. The summed E-state index contributed by atoms with van der Waals surface area (Å²) in [6.07, 6.45) is 40.6. The third-order valence-corrected chi connectivity index (χ3v) is 9.54. The fraction of sp³-hybridized carbons (Fsp3) is 0.800. The molecule has 0 aromatic heterocycles. The van der Waals surface area contributed by atoms with E-state index >= 15 is 0 Å². The number of likely N-dealkylation sites (N-methyl/N-ethyl adjacent to an activating group) is 1. The molecule has 308 valence electrons. The molecule has 0 rings (SSSR count). The molecule has 0 bridgehead atoms. The number of carboxylic acids is 1. The van der Waals surface area contributed by atoms with Crippen molar-refractivity contribution in [2.75, 3.05) is 41.0 Å². The number of carbonyl (C=O) groups is 3. The summed E-state index contributed by atoms with van der Waals surface area (Å²) in [5.74, 6) is -1.48. The molecule has 0 radical (unpaired) electrons. The molecule has 0 amide bonds. The molecule has 2 unspecified atom stereocenters. The van der Waals surface area contributed by atoms with Gasteiger partial charge in [0.05, 0.1) is 34.4 Å². The van der Waals surface area contributed by atoms with Gasteiger partial charge in [-0.25, -0.2) is 4.79 Å². The number of nitrogens with zero attached hydrogens (tertiary/aromatic N) is 1. The predicted molar refractivity (Wildman–Crippen MR) is 220 cm³/mol. The highest BCUT2D eigenvalue weighted by molar-refractivity contribution is 5.72. The number of hydrogen-bond donors (Lipinski definition) is 1. The fourth-order valence-corrected chi connectivity index (χ4v) is 6.16. The van der Waals surface area contributed by atoms with Gasteiger partial charge in [0.25, 0.3) is 0 Å². The Morgan fingerprint density at radius 3 is 1.51 bits per heavy atom. The summed E-state index contributed by atoms with van der Waals surface area (Å²) < 4.78 is 17.2. The van der Waals surface area contributed by atoms with Crippen LogP contribution in [-0.4, -0.2) is 80.6 Å². The molecule has 0 aliphatic heterocycles. The van der Waals surface area contributed by atoms with Gasteiger partial charge in [0, 0.05) is 19.3 Å². The highest BCUT2D eigenvalue weighted by Crippen LogP contribution is 2.14. The van der Waals surface area contributed by atoms with Crippen LogP contribution in [0.4, 0.5) is 0 Å². The Balaban J connectivity index is 4.21. The van der Waals surface area contributed by atoms with Crippen LogP contribution in [0.5, 0.6) is 0 Å². The maximum Gasteiger partial charge on any atom is 0.362 e. The molecule has 0 saturated heterocycles. The Morgan fingerprint density at radius 1 is 0.566 bits per heavy atom. The molecule has 0 heterocycles. The smallest absolute Gasteiger partial charge is 0.362 e. The third kappa shape index (κ3) is 35.0. The molecule has 0 aliphatic carbocycles. The maximum absolute atomic E-state index is 12.7. The van der Waals surface area contributed by atoms with E-state index in [2.05, 4.69) is 50.3 Å². The van der Waals surface area contributed by atoms with Crippen LogP contribution in [-0.2, 0) is 28.6 Å². The van der Waals surface area contributed by atoms with Gasteiger partial charge in [0.2, 0.25) is 0 Å². The Morgan fingerprint density at radius 2 is 1.00 bits per heavy atom. The minimum atomic E-state index is -0.877. The van der Waals surface area contributed by atoms with Gasteiger partial charge < -0.3 is 23.8 Å². The van der Waals surface area contributed by atoms with Crippen LogP contribution in [0.25, 0.3) is 0 Å². The summed E-state index contributed by atoms with van der Waals surface area (Å²) in [6, 6.07) is -0.612. The summed E-state index contributed by atoms with van der Waals surface area (Å²) >= 11 is 0. The topological polar surface area (TPSA) is 99.1 Å². The van der Waals surface area contributed by atoms with E-state index in [1.807, 2.05) is 21.1 Å². The molecular weight excluding hydrogens is 666 g/mol. The van der Waals surface area contributed by atoms with Crippen molar-refractivity contribution in [3.8, 4) is 0 Å². The molecule has 0 fully saturated rings. The average Bonchev–Trinajstić information content (AvgIpc) is 3.11. The molecule has 0 aromatic carbocycles. The van der Waals surface area contributed by atoms with E-state index < -0.39 is 18.1 Å². The van der Waals surface area contributed by atoms with E-state index in [0.29, 0.717) is 19.3 Å². The first kappa shape index (κ1) is 50.5. The Kier molecular flexibility index (Phi) is 34.8. The van der Waals surface area contributed by atoms with E-state index in [1.165, 1.54) is 89.9 Å². The predicted octanol–water partition coefficient (Wildman–Crippen LogP) is 11.5. The average molecular weight is 749 g/mol. The highest BCUT2D eigenvalue weighted by Gasteiger charge is 2.31. The number of carbonyl (C=O) groups excluding carboxylic acids is 2. The summed E-state index contributed by atoms with van der Waals surface area (Å²) in [4.78, 5) is 36.7. The van der Waals surface area contributed by atoms with Crippen LogP contribution in [0.15, 0.2) is 36.5 Å². The highest BCUT2D eigenvalue weighted by atomic mass is 16.6. The number of rotatable bonds is 38. The minimum Gasteiger partial charge on any atom is -0.477 e. The van der Waals surface area contributed by atoms with E-state index in [1.54, 1.807) is 0 Å². The zero-order valence-electron chi connectivity index (χ0n) is 35.0. The summed E-state index contributed by atoms with van der Waals surface area (Å²) in [7, 11) is 5.52. The second kappa shape index (κ2) is 36.5. The summed E-state index contributed by atoms with van der Waals surface area (Å²) in [6.45, 7) is 4.66. The second-order valence-electron chi connectivity index (χ2n) is 15.6. The number of esters is 2. The number of quaternary nitrogens is 1. The number of hydrogen-bond acceptors (Lipinski definition) is 6. The van der Waals surface area contributed by atoms with Crippen molar-refractivity contribution in [3.05, 3.63) is 36.5 Å². The minimum absolute atomic E-state index is 0.0518. The van der Waals surface area contributed by atoms with Crippen LogP contribution >= 0.6 is 0 Å². The van der Waals surface area contributed by atoms with Gasteiger partial charge in [-0.05, 0) is 51.4 Å². The number of unbranched alkanes of at least 4 members (excludes halogenated alkanes) is 18. The standard InChI is InChI=1S/C45H81NO7/c1-6-8-10-12-14-15-16-17-18-19-20-21-22-23-24-25-26-27-28-30-32-34-36-44(48)53-41(39-51-38-37-42(45(49)50)46(3,4)5)40-52-43(47)35-33-31-29-13-11-9-7-2/h14-15,17-18,20-21,41-42H,6-13,16,19,22-40H2,1-5H3/p+1/b15-14+,18-17+,21-20+. The maximum atomic E-state index is 12.7. The van der Waals surface area contributed by atoms with Gasteiger partial charge in [0.1, 0.15) is 6.61 Å². The Labute approximate surface area is 325 Å². The van der Waals surface area contributed by atoms with Crippen LogP contribution in [0.1, 0.15) is 181 Å². The lowest BCUT2D eigenvalue weighted by Gasteiger charge is -2.31. The van der Waals surface area contributed by atoms with Crippen molar-refractivity contribution in [2.45, 2.75) is 193 Å². The first-order valence-electron chi connectivity index (χ1n) is 21.5. The van der Waals surface area contributed by atoms with Crippen molar-refractivity contribution >= 4 is 17.9 Å². The number of carboxylic acid groups (broad SMARTS) is 1. The summed E-state index contributed by atoms with van der Waals surface area (Å²) in [5.41, 5.74) is 0. The molecule has 8 heteroatoms. The largest absolute Gasteiger partial charge is 0.477 e. The lowest BCUT2D eigenvalue weighted by atomic mass is 10.1. The van der Waals surface area contributed by atoms with E-state index in [-0.39, 0.29) is 36.2 Å². The fourth-order valence-electron chi connectivity index (χ4n) is 6.16. The van der Waals surface area contributed by atoms with Gasteiger partial charge in [-0.1, -0.05) is 147 Å². The lowest BCUT2D eigenvalue weighted by molar-refractivity contribution is -0.887. The van der Waals surface area contributed by atoms with Crippen molar-refractivity contribution < 1.29 is 38.2 Å².